The van der Waals surface area contributed by atoms with E-state index in [9.17, 15) is 14.9 Å². The van der Waals surface area contributed by atoms with Gasteiger partial charge in [-0.15, -0.1) is 11.6 Å². The summed E-state index contributed by atoms with van der Waals surface area (Å²) in [6, 6.07) is -1.08. The molecule has 0 aromatic heterocycles. The second kappa shape index (κ2) is 2.09. The van der Waals surface area contributed by atoms with Crippen LogP contribution >= 0.6 is 11.6 Å². The van der Waals surface area contributed by atoms with E-state index in [1.165, 1.54) is 0 Å². The van der Waals surface area contributed by atoms with E-state index in [0.29, 0.717) is 0 Å². The third-order valence-electron chi connectivity index (χ3n) is 1.42. The first-order valence-electron chi connectivity index (χ1n) is 2.56. The summed E-state index contributed by atoms with van der Waals surface area (Å²) in [5, 5.41) is 17.4. The first-order chi connectivity index (χ1) is 4.55. The number of halogens is 1. The molecule has 1 saturated carbocycles. The summed E-state index contributed by atoms with van der Waals surface area (Å²) in [6.45, 7) is 0. The Hall–Kier alpha value is -0.840. The predicted molar refractivity (Wildman–Crippen MR) is 31.5 cm³/mol. The second-order valence-corrected chi connectivity index (χ2v) is 2.59. The molecule has 0 radical (unpaired) electrons. The lowest BCUT2D eigenvalue weighted by Gasteiger charge is -1.83. The molecule has 0 spiro atoms. The van der Waals surface area contributed by atoms with Gasteiger partial charge in [-0.1, -0.05) is 0 Å². The molecule has 0 aromatic rings. The zero-order chi connectivity index (χ0) is 7.89. The van der Waals surface area contributed by atoms with Crippen LogP contribution in [0.2, 0.25) is 0 Å². The van der Waals surface area contributed by atoms with E-state index in [-0.39, 0.29) is 0 Å². The molecule has 1 aliphatic carbocycles. The summed E-state index contributed by atoms with van der Waals surface area (Å²) >= 11 is 5.29. The Balaban J connectivity index is 2.57. The minimum atomic E-state index is -1.19. The highest BCUT2D eigenvalue weighted by Crippen LogP contribution is 2.39. The molecule has 6 heteroatoms. The Morgan fingerprint density at radius 2 is 2.20 bits per heavy atom. The van der Waals surface area contributed by atoms with E-state index >= 15 is 0 Å². The van der Waals surface area contributed by atoms with Crippen molar-refractivity contribution in [2.45, 2.75) is 11.4 Å². The highest BCUT2D eigenvalue weighted by Gasteiger charge is 2.64. The van der Waals surface area contributed by atoms with Crippen molar-refractivity contribution >= 4 is 17.6 Å². The Morgan fingerprint density at radius 1 is 1.70 bits per heavy atom. The third kappa shape index (κ3) is 0.923. The molecule has 0 bridgehead atoms. The van der Waals surface area contributed by atoms with Gasteiger partial charge in [-0.2, -0.15) is 0 Å². The second-order valence-electron chi connectivity index (χ2n) is 2.08. The van der Waals surface area contributed by atoms with Crippen LogP contribution in [-0.2, 0) is 4.79 Å². The predicted octanol–water partition coefficient (Wildman–Crippen LogP) is -0.0465. The SMILES string of the molecule is O=C(O)C1C(Cl)C1[N+](=O)[O-]. The zero-order valence-electron chi connectivity index (χ0n) is 4.73. The molecule has 1 aliphatic rings. The van der Waals surface area contributed by atoms with Gasteiger partial charge >= 0.3 is 5.97 Å². The summed E-state index contributed by atoms with van der Waals surface area (Å²) in [5.74, 6) is -2.18. The fourth-order valence-electron chi connectivity index (χ4n) is 0.789. The van der Waals surface area contributed by atoms with Gasteiger partial charge in [-0.3, -0.25) is 14.9 Å². The maximum absolute atomic E-state index is 10.1. The van der Waals surface area contributed by atoms with Crippen molar-refractivity contribution in [1.82, 2.24) is 0 Å². The summed E-state index contributed by atoms with van der Waals surface area (Å²) in [4.78, 5) is 19.4. The van der Waals surface area contributed by atoms with Gasteiger partial charge in [-0.25, -0.2) is 0 Å². The zero-order valence-corrected chi connectivity index (χ0v) is 5.49. The summed E-state index contributed by atoms with van der Waals surface area (Å²) in [5.41, 5.74) is 0. The molecule has 3 unspecified atom stereocenters. The largest absolute Gasteiger partial charge is 0.481 e. The highest BCUT2D eigenvalue weighted by atomic mass is 35.5. The monoisotopic (exact) mass is 165 g/mol. The van der Waals surface area contributed by atoms with Crippen molar-refractivity contribution in [3.63, 3.8) is 0 Å². The summed E-state index contributed by atoms with van der Waals surface area (Å²) in [6.07, 6.45) is 0. The first kappa shape index (κ1) is 7.27. The summed E-state index contributed by atoms with van der Waals surface area (Å²) in [7, 11) is 0. The average Bonchev–Trinajstić information content (AvgIpc) is 2.40. The quantitative estimate of drug-likeness (QED) is 0.354. The maximum Gasteiger partial charge on any atom is 0.315 e. The Kier molecular flexibility index (Phi) is 1.52. The lowest BCUT2D eigenvalue weighted by Crippen LogP contribution is -2.09. The van der Waals surface area contributed by atoms with Crippen molar-refractivity contribution in [2.75, 3.05) is 0 Å². The Labute approximate surface area is 60.7 Å². The number of rotatable bonds is 2. The van der Waals surface area contributed by atoms with Crippen LogP contribution in [0.25, 0.3) is 0 Å². The number of hydrogen-bond donors (Lipinski definition) is 1. The van der Waals surface area contributed by atoms with Crippen LogP contribution in [0, 0.1) is 16.0 Å². The molecule has 1 fully saturated rings. The molecule has 0 heterocycles. The standard InChI is InChI=1S/C4H4ClNO4/c5-2-1(4(7)8)3(2)6(9)10/h1-3H,(H,7,8). The van der Waals surface area contributed by atoms with Crippen molar-refractivity contribution in [3.05, 3.63) is 10.1 Å². The van der Waals surface area contributed by atoms with E-state index in [1.54, 1.807) is 0 Å². The number of hydrogen-bond acceptors (Lipinski definition) is 3. The fourth-order valence-corrected chi connectivity index (χ4v) is 1.21. The van der Waals surface area contributed by atoms with E-state index < -0.39 is 28.2 Å². The van der Waals surface area contributed by atoms with Gasteiger partial charge in [0.15, 0.2) is 0 Å². The minimum Gasteiger partial charge on any atom is -0.481 e. The molecule has 10 heavy (non-hydrogen) atoms. The normalized spacial score (nSPS) is 37.1. The van der Waals surface area contributed by atoms with Gasteiger partial charge in [0, 0.05) is 4.92 Å². The van der Waals surface area contributed by atoms with Gasteiger partial charge in [0.25, 0.3) is 0 Å². The average molecular weight is 166 g/mol. The Bertz CT molecular complexity index is 174. The number of alkyl halides is 1. The lowest BCUT2D eigenvalue weighted by atomic mass is 10.4. The molecule has 0 amide bonds. The van der Waals surface area contributed by atoms with Gasteiger partial charge in [0.2, 0.25) is 6.04 Å². The highest BCUT2D eigenvalue weighted by molar-refractivity contribution is 6.25. The van der Waals surface area contributed by atoms with Gasteiger partial charge in [0.1, 0.15) is 11.3 Å². The molecular formula is C4H4ClNO4. The van der Waals surface area contributed by atoms with E-state index in [1.807, 2.05) is 0 Å². The van der Waals surface area contributed by atoms with Crippen molar-refractivity contribution in [2.24, 2.45) is 5.92 Å². The number of carbonyl (C=O) groups is 1. The molecule has 3 atom stereocenters. The van der Waals surface area contributed by atoms with Gasteiger partial charge in [-0.05, 0) is 0 Å². The molecular weight excluding hydrogens is 161 g/mol. The number of carboxylic acids is 1. The van der Waals surface area contributed by atoms with Crippen molar-refractivity contribution < 1.29 is 14.8 Å². The molecule has 0 saturated heterocycles. The van der Waals surface area contributed by atoms with Crippen LogP contribution in [0.3, 0.4) is 0 Å². The van der Waals surface area contributed by atoms with Crippen LogP contribution in [0.5, 0.6) is 0 Å². The molecule has 56 valence electrons. The number of aliphatic carboxylic acids is 1. The van der Waals surface area contributed by atoms with E-state index in [4.69, 9.17) is 16.7 Å². The van der Waals surface area contributed by atoms with Crippen molar-refractivity contribution in [1.29, 1.82) is 0 Å². The van der Waals surface area contributed by atoms with Crippen molar-refractivity contribution in [3.8, 4) is 0 Å². The number of carboxylic acid groups (broad SMARTS) is 1. The fraction of sp³-hybridized carbons (Fsp3) is 0.750. The lowest BCUT2D eigenvalue weighted by molar-refractivity contribution is -0.497. The van der Waals surface area contributed by atoms with E-state index in [2.05, 4.69) is 0 Å². The van der Waals surface area contributed by atoms with Crippen LogP contribution < -0.4 is 0 Å². The first-order valence-corrected chi connectivity index (χ1v) is 2.99. The van der Waals surface area contributed by atoms with Gasteiger partial charge in [0.05, 0.1) is 0 Å². The van der Waals surface area contributed by atoms with Crippen LogP contribution in [-0.4, -0.2) is 27.4 Å². The number of nitro groups is 1. The maximum atomic E-state index is 10.1. The smallest absolute Gasteiger partial charge is 0.315 e. The molecule has 0 aliphatic heterocycles. The van der Waals surface area contributed by atoms with Crippen LogP contribution in [0.15, 0.2) is 0 Å². The van der Waals surface area contributed by atoms with E-state index in [0.717, 1.165) is 0 Å². The van der Waals surface area contributed by atoms with Gasteiger partial charge < -0.3 is 5.11 Å². The molecule has 0 aromatic carbocycles. The van der Waals surface area contributed by atoms with Crippen LogP contribution in [0.1, 0.15) is 0 Å². The van der Waals surface area contributed by atoms with Crippen LogP contribution in [0.4, 0.5) is 0 Å². The molecule has 1 rings (SSSR count). The molecule has 1 N–H and O–H groups in total. The minimum absolute atomic E-state index is 0.656. The topological polar surface area (TPSA) is 80.4 Å². The molecule has 5 nitrogen and oxygen atoms in total. The third-order valence-corrected chi connectivity index (χ3v) is 1.95. The summed E-state index contributed by atoms with van der Waals surface area (Å²) < 4.78 is 0. The number of nitrogens with zero attached hydrogens (tertiary/aromatic N) is 1. The Morgan fingerprint density at radius 3 is 2.30 bits per heavy atom.